The highest BCUT2D eigenvalue weighted by molar-refractivity contribution is 6.30. The SMILES string of the molecule is N#Cc1cc(Cl)ccc1NC(=O)C(CC(=O)O)NC(=O)OCC1c2ccccc2-c2ccccc21. The van der Waals surface area contributed by atoms with E-state index in [2.05, 4.69) is 10.6 Å². The Kier molecular flexibility index (Phi) is 6.99. The van der Waals surface area contributed by atoms with E-state index in [9.17, 15) is 24.8 Å². The van der Waals surface area contributed by atoms with Gasteiger partial charge in [0.2, 0.25) is 5.91 Å². The molecule has 0 heterocycles. The standard InChI is InChI=1S/C26H20ClN3O5/c27-16-9-10-22(15(11-16)13-28)29-25(33)23(12-24(31)32)30-26(34)35-14-21-19-7-3-1-5-17(19)18-6-2-4-8-20(18)21/h1-11,21,23H,12,14H2,(H,29,33)(H,30,34)(H,31,32). The molecule has 3 aromatic carbocycles. The number of hydrogen-bond acceptors (Lipinski definition) is 5. The van der Waals surface area contributed by atoms with E-state index < -0.39 is 30.4 Å². The number of carbonyl (C=O) groups excluding carboxylic acids is 2. The highest BCUT2D eigenvalue weighted by atomic mass is 35.5. The van der Waals surface area contributed by atoms with Crippen molar-refractivity contribution in [2.45, 2.75) is 18.4 Å². The molecule has 176 valence electrons. The highest BCUT2D eigenvalue weighted by Crippen LogP contribution is 2.44. The summed E-state index contributed by atoms with van der Waals surface area (Å²) in [6, 6.07) is 20.4. The zero-order valence-electron chi connectivity index (χ0n) is 18.3. The summed E-state index contributed by atoms with van der Waals surface area (Å²) in [4.78, 5) is 36.6. The van der Waals surface area contributed by atoms with E-state index in [1.165, 1.54) is 18.2 Å². The van der Waals surface area contributed by atoms with Crippen LogP contribution in [0.25, 0.3) is 11.1 Å². The molecular weight excluding hydrogens is 470 g/mol. The molecule has 0 aliphatic heterocycles. The lowest BCUT2D eigenvalue weighted by Crippen LogP contribution is -2.45. The second-order valence-corrected chi connectivity index (χ2v) is 8.35. The van der Waals surface area contributed by atoms with Gasteiger partial charge in [0.1, 0.15) is 18.7 Å². The molecule has 4 rings (SSSR count). The van der Waals surface area contributed by atoms with Crippen molar-refractivity contribution in [3.63, 3.8) is 0 Å². The third kappa shape index (κ3) is 5.26. The van der Waals surface area contributed by atoms with Crippen LogP contribution in [-0.4, -0.2) is 35.7 Å². The van der Waals surface area contributed by atoms with Crippen molar-refractivity contribution in [2.75, 3.05) is 11.9 Å². The van der Waals surface area contributed by atoms with Gasteiger partial charge in [-0.3, -0.25) is 9.59 Å². The minimum absolute atomic E-state index is 0.0109. The number of anilines is 1. The van der Waals surface area contributed by atoms with Crippen LogP contribution >= 0.6 is 11.6 Å². The average molecular weight is 490 g/mol. The number of fused-ring (bicyclic) bond motifs is 3. The number of benzene rings is 3. The minimum Gasteiger partial charge on any atom is -0.481 e. The summed E-state index contributed by atoms with van der Waals surface area (Å²) in [5.74, 6) is -2.28. The Morgan fingerprint density at radius 2 is 1.66 bits per heavy atom. The van der Waals surface area contributed by atoms with Crippen LogP contribution < -0.4 is 10.6 Å². The quantitative estimate of drug-likeness (QED) is 0.447. The van der Waals surface area contributed by atoms with Gasteiger partial charge in [0.15, 0.2) is 0 Å². The number of rotatable bonds is 7. The molecule has 0 saturated heterocycles. The number of halogens is 1. The van der Waals surface area contributed by atoms with Gasteiger partial charge in [-0.25, -0.2) is 4.79 Å². The van der Waals surface area contributed by atoms with Crippen molar-refractivity contribution in [1.82, 2.24) is 5.32 Å². The Bertz CT molecular complexity index is 1310. The fourth-order valence-corrected chi connectivity index (χ4v) is 4.28. The summed E-state index contributed by atoms with van der Waals surface area (Å²) >= 11 is 5.87. The van der Waals surface area contributed by atoms with Crippen molar-refractivity contribution in [2.24, 2.45) is 0 Å². The van der Waals surface area contributed by atoms with Gasteiger partial charge in [0.05, 0.1) is 17.7 Å². The first kappa shape index (κ1) is 23.8. The van der Waals surface area contributed by atoms with Crippen LogP contribution in [0.3, 0.4) is 0 Å². The molecule has 0 radical (unpaired) electrons. The Balaban J connectivity index is 1.45. The number of carboxylic acid groups (broad SMARTS) is 1. The third-order valence-corrected chi connectivity index (χ3v) is 5.93. The zero-order valence-corrected chi connectivity index (χ0v) is 19.1. The van der Waals surface area contributed by atoms with Gasteiger partial charge in [0, 0.05) is 10.9 Å². The van der Waals surface area contributed by atoms with Gasteiger partial charge in [0.25, 0.3) is 0 Å². The second-order valence-electron chi connectivity index (χ2n) is 7.91. The zero-order chi connectivity index (χ0) is 24.9. The van der Waals surface area contributed by atoms with E-state index in [0.29, 0.717) is 5.02 Å². The molecule has 1 atom stereocenters. The lowest BCUT2D eigenvalue weighted by Gasteiger charge is -2.19. The molecule has 0 spiro atoms. The first-order chi connectivity index (χ1) is 16.9. The summed E-state index contributed by atoms with van der Waals surface area (Å²) in [7, 11) is 0. The number of aliphatic carboxylic acids is 1. The van der Waals surface area contributed by atoms with Crippen molar-refractivity contribution >= 4 is 35.3 Å². The Labute approximate surface area is 206 Å². The number of amides is 2. The van der Waals surface area contributed by atoms with E-state index in [4.69, 9.17) is 16.3 Å². The summed E-state index contributed by atoms with van der Waals surface area (Å²) in [5, 5.41) is 23.6. The normalized spacial score (nSPS) is 12.6. The van der Waals surface area contributed by atoms with E-state index in [1.807, 2.05) is 54.6 Å². The second kappa shape index (κ2) is 10.3. The number of nitriles is 1. The van der Waals surface area contributed by atoms with E-state index in [1.54, 1.807) is 0 Å². The molecule has 1 aliphatic carbocycles. The van der Waals surface area contributed by atoms with E-state index in [-0.39, 0.29) is 23.8 Å². The Morgan fingerprint density at radius 1 is 1.03 bits per heavy atom. The summed E-state index contributed by atoms with van der Waals surface area (Å²) in [6.45, 7) is 0.0109. The molecule has 3 aromatic rings. The van der Waals surface area contributed by atoms with Crippen LogP contribution in [0.5, 0.6) is 0 Å². The molecule has 1 unspecified atom stereocenters. The highest BCUT2D eigenvalue weighted by Gasteiger charge is 2.30. The number of hydrogen-bond donors (Lipinski definition) is 3. The third-order valence-electron chi connectivity index (χ3n) is 5.69. The number of carbonyl (C=O) groups is 3. The molecule has 0 fully saturated rings. The van der Waals surface area contributed by atoms with Crippen molar-refractivity contribution < 1.29 is 24.2 Å². The maximum atomic E-state index is 12.7. The number of carboxylic acids is 1. The first-order valence-corrected chi connectivity index (χ1v) is 11.1. The van der Waals surface area contributed by atoms with Crippen molar-refractivity contribution in [3.05, 3.63) is 88.4 Å². The molecule has 1 aliphatic rings. The number of ether oxygens (including phenoxy) is 1. The molecule has 8 nitrogen and oxygen atoms in total. The Morgan fingerprint density at radius 3 is 2.26 bits per heavy atom. The fourth-order valence-electron chi connectivity index (χ4n) is 4.10. The minimum atomic E-state index is -1.43. The molecule has 3 N–H and O–H groups in total. The average Bonchev–Trinajstić information content (AvgIpc) is 3.16. The largest absolute Gasteiger partial charge is 0.481 e. The molecule has 2 amide bonds. The predicted molar refractivity (Wildman–Crippen MR) is 129 cm³/mol. The summed E-state index contributed by atoms with van der Waals surface area (Å²) < 4.78 is 5.42. The monoisotopic (exact) mass is 489 g/mol. The maximum absolute atomic E-state index is 12.7. The lowest BCUT2D eigenvalue weighted by atomic mass is 9.98. The van der Waals surface area contributed by atoms with Crippen molar-refractivity contribution in [3.8, 4) is 17.2 Å². The molecule has 0 aromatic heterocycles. The first-order valence-electron chi connectivity index (χ1n) is 10.7. The summed E-state index contributed by atoms with van der Waals surface area (Å²) in [5.41, 5.74) is 4.42. The topological polar surface area (TPSA) is 129 Å². The maximum Gasteiger partial charge on any atom is 0.407 e. The molecule has 9 heteroatoms. The van der Waals surface area contributed by atoms with Gasteiger partial charge >= 0.3 is 12.1 Å². The van der Waals surface area contributed by atoms with Crippen molar-refractivity contribution in [1.29, 1.82) is 5.26 Å². The van der Waals surface area contributed by atoms with Crippen LogP contribution in [0.2, 0.25) is 5.02 Å². The van der Waals surface area contributed by atoms with Crippen LogP contribution in [-0.2, 0) is 14.3 Å². The van der Waals surface area contributed by atoms with Gasteiger partial charge in [-0.2, -0.15) is 5.26 Å². The summed E-state index contributed by atoms with van der Waals surface area (Å²) in [6.07, 6.45) is -1.60. The van der Waals surface area contributed by atoms with Gasteiger partial charge in [-0.15, -0.1) is 0 Å². The number of nitrogens with one attached hydrogen (secondary N) is 2. The van der Waals surface area contributed by atoms with E-state index >= 15 is 0 Å². The Hall–Kier alpha value is -4.35. The molecule has 0 bridgehead atoms. The van der Waals surface area contributed by atoms with Gasteiger partial charge in [-0.1, -0.05) is 60.1 Å². The molecule has 0 saturated carbocycles. The number of nitrogens with zero attached hydrogens (tertiary/aromatic N) is 1. The molecule has 35 heavy (non-hydrogen) atoms. The predicted octanol–water partition coefficient (Wildman–Crippen LogP) is 4.53. The lowest BCUT2D eigenvalue weighted by molar-refractivity contribution is -0.139. The van der Waals surface area contributed by atoms with Crippen LogP contribution in [0, 0.1) is 11.3 Å². The molecular formula is C26H20ClN3O5. The van der Waals surface area contributed by atoms with Crippen LogP contribution in [0.1, 0.15) is 29.0 Å². The smallest absolute Gasteiger partial charge is 0.407 e. The van der Waals surface area contributed by atoms with Gasteiger partial charge < -0.3 is 20.5 Å². The number of alkyl carbamates (subject to hydrolysis) is 1. The van der Waals surface area contributed by atoms with Crippen LogP contribution in [0.4, 0.5) is 10.5 Å². The fraction of sp³-hybridized carbons (Fsp3) is 0.154. The van der Waals surface area contributed by atoms with E-state index in [0.717, 1.165) is 22.3 Å². The van der Waals surface area contributed by atoms with Crippen LogP contribution in [0.15, 0.2) is 66.7 Å². The van der Waals surface area contributed by atoms with Gasteiger partial charge in [-0.05, 0) is 40.5 Å².